The molecule has 2 N–H and O–H groups in total. The number of aromatic nitrogens is 1. The highest BCUT2D eigenvalue weighted by molar-refractivity contribution is 14.0. The van der Waals surface area contributed by atoms with Crippen LogP contribution in [0.1, 0.15) is 34.7 Å². The second-order valence-electron chi connectivity index (χ2n) is 6.61. The molecule has 0 atom stereocenters. The fourth-order valence-corrected chi connectivity index (χ4v) is 4.04. The second-order valence-corrected chi connectivity index (χ2v) is 7.93. The van der Waals surface area contributed by atoms with Crippen molar-refractivity contribution in [2.75, 3.05) is 20.1 Å². The monoisotopic (exact) mass is 488 g/mol. The number of guanidine groups is 1. The summed E-state index contributed by atoms with van der Waals surface area (Å²) in [7, 11) is 1.79. The number of aliphatic imine (C=N–C) groups is 1. The number of nitrogens with zero attached hydrogens (tertiary/aromatic N) is 2. The van der Waals surface area contributed by atoms with Crippen molar-refractivity contribution in [2.45, 2.75) is 38.0 Å². The number of hydrogen-bond acceptors (Lipinski definition) is 3. The van der Waals surface area contributed by atoms with Gasteiger partial charge in [0.25, 0.3) is 0 Å². The zero-order chi connectivity index (χ0) is 17.7. The van der Waals surface area contributed by atoms with Crippen LogP contribution in [-0.4, -0.2) is 31.1 Å². The third kappa shape index (κ3) is 5.16. The van der Waals surface area contributed by atoms with Gasteiger partial charge in [-0.15, -0.1) is 35.3 Å². The Labute approximate surface area is 175 Å². The first-order chi connectivity index (χ1) is 12.1. The highest BCUT2D eigenvalue weighted by Crippen LogP contribution is 2.43. The summed E-state index contributed by atoms with van der Waals surface area (Å²) >= 11 is 1.73. The standard InChI is InChI=1S/C19H25FN4S.HI/c1-14-12-23-17(25-14)8-11-22-18(21-2)24-13-19(9-3-10-19)15-4-6-16(20)7-5-15;/h4-7,12H,3,8-11,13H2,1-2H3,(H2,21,22,24);1H. The predicted octanol–water partition coefficient (Wildman–Crippen LogP) is 4.04. The molecule has 7 heteroatoms. The third-order valence-corrected chi connectivity index (χ3v) is 5.86. The molecule has 0 radical (unpaired) electrons. The maximum Gasteiger partial charge on any atom is 0.191 e. The van der Waals surface area contributed by atoms with Crippen LogP contribution in [-0.2, 0) is 11.8 Å². The van der Waals surface area contributed by atoms with Gasteiger partial charge in [-0.3, -0.25) is 4.99 Å². The van der Waals surface area contributed by atoms with E-state index in [-0.39, 0.29) is 35.2 Å². The van der Waals surface area contributed by atoms with E-state index in [0.29, 0.717) is 0 Å². The van der Waals surface area contributed by atoms with Crippen molar-refractivity contribution >= 4 is 41.3 Å². The van der Waals surface area contributed by atoms with E-state index >= 15 is 0 Å². The first kappa shape index (κ1) is 21.1. The third-order valence-electron chi connectivity index (χ3n) is 4.89. The van der Waals surface area contributed by atoms with Crippen LogP contribution in [0.2, 0.25) is 0 Å². The molecule has 1 aliphatic rings. The van der Waals surface area contributed by atoms with Crippen LogP contribution < -0.4 is 10.6 Å². The molecule has 1 heterocycles. The van der Waals surface area contributed by atoms with Gasteiger partial charge in [0.2, 0.25) is 0 Å². The number of hydrogen-bond donors (Lipinski definition) is 2. The van der Waals surface area contributed by atoms with Crippen LogP contribution in [0.5, 0.6) is 0 Å². The Hall–Kier alpha value is -1.22. The minimum absolute atomic E-state index is 0. The van der Waals surface area contributed by atoms with Gasteiger partial charge in [0.15, 0.2) is 5.96 Å². The zero-order valence-corrected chi connectivity index (χ0v) is 18.4. The molecule has 3 rings (SSSR count). The zero-order valence-electron chi connectivity index (χ0n) is 15.2. The van der Waals surface area contributed by atoms with Gasteiger partial charge in [0, 0.05) is 43.0 Å². The van der Waals surface area contributed by atoms with Crippen LogP contribution in [0.4, 0.5) is 4.39 Å². The van der Waals surface area contributed by atoms with Crippen LogP contribution in [0, 0.1) is 12.7 Å². The van der Waals surface area contributed by atoms with Gasteiger partial charge in [0.05, 0.1) is 5.01 Å². The molecule has 0 spiro atoms. The van der Waals surface area contributed by atoms with Gasteiger partial charge in [-0.25, -0.2) is 9.37 Å². The average Bonchev–Trinajstić information content (AvgIpc) is 2.99. The van der Waals surface area contributed by atoms with Gasteiger partial charge in [-0.1, -0.05) is 18.6 Å². The van der Waals surface area contributed by atoms with Crippen molar-refractivity contribution in [1.29, 1.82) is 0 Å². The second kappa shape index (κ2) is 9.64. The Morgan fingerprint density at radius 1 is 1.27 bits per heavy atom. The molecule has 1 aromatic heterocycles. The number of rotatable bonds is 6. The quantitative estimate of drug-likeness (QED) is 0.367. The van der Waals surface area contributed by atoms with E-state index in [1.165, 1.54) is 16.9 Å². The van der Waals surface area contributed by atoms with Crippen molar-refractivity contribution in [3.63, 3.8) is 0 Å². The van der Waals surface area contributed by atoms with E-state index in [1.807, 2.05) is 18.3 Å². The lowest BCUT2D eigenvalue weighted by Gasteiger charge is -2.43. The fourth-order valence-electron chi connectivity index (χ4n) is 3.25. The summed E-state index contributed by atoms with van der Waals surface area (Å²) in [5.41, 5.74) is 1.30. The molecular formula is C19H26FIN4S. The largest absolute Gasteiger partial charge is 0.356 e. The SMILES string of the molecule is CN=C(NCCc1ncc(C)s1)NCC1(c2ccc(F)cc2)CCC1.I. The Morgan fingerprint density at radius 3 is 2.54 bits per heavy atom. The molecule has 142 valence electrons. The smallest absolute Gasteiger partial charge is 0.191 e. The first-order valence-electron chi connectivity index (χ1n) is 8.73. The van der Waals surface area contributed by atoms with Crippen molar-refractivity contribution < 1.29 is 4.39 Å². The predicted molar refractivity (Wildman–Crippen MR) is 117 cm³/mol. The number of benzene rings is 1. The minimum atomic E-state index is -0.180. The van der Waals surface area contributed by atoms with Crippen molar-refractivity contribution in [1.82, 2.24) is 15.6 Å². The summed E-state index contributed by atoms with van der Waals surface area (Å²) in [6.45, 7) is 3.69. The van der Waals surface area contributed by atoms with Crippen LogP contribution >= 0.6 is 35.3 Å². The Balaban J connectivity index is 0.00000243. The maximum absolute atomic E-state index is 13.2. The van der Waals surface area contributed by atoms with E-state index in [9.17, 15) is 4.39 Å². The summed E-state index contributed by atoms with van der Waals surface area (Å²) in [5, 5.41) is 7.94. The molecule has 1 fully saturated rings. The molecule has 0 aliphatic heterocycles. The number of thiazole rings is 1. The molecule has 0 unspecified atom stereocenters. The maximum atomic E-state index is 13.2. The normalized spacial score (nSPS) is 15.7. The van der Waals surface area contributed by atoms with E-state index in [1.54, 1.807) is 30.5 Å². The molecule has 1 aromatic carbocycles. The highest BCUT2D eigenvalue weighted by atomic mass is 127. The van der Waals surface area contributed by atoms with Gasteiger partial charge in [-0.2, -0.15) is 0 Å². The van der Waals surface area contributed by atoms with Gasteiger partial charge < -0.3 is 10.6 Å². The summed E-state index contributed by atoms with van der Waals surface area (Å²) in [4.78, 5) is 9.93. The molecule has 0 bridgehead atoms. The van der Waals surface area contributed by atoms with E-state index in [2.05, 4.69) is 27.5 Å². The lowest BCUT2D eigenvalue weighted by molar-refractivity contribution is 0.243. The lowest BCUT2D eigenvalue weighted by Crippen LogP contribution is -2.49. The minimum Gasteiger partial charge on any atom is -0.356 e. The molecule has 26 heavy (non-hydrogen) atoms. The molecular weight excluding hydrogens is 462 g/mol. The molecule has 0 amide bonds. The Kier molecular flexibility index (Phi) is 7.82. The van der Waals surface area contributed by atoms with Gasteiger partial charge in [-0.05, 0) is 37.5 Å². The summed E-state index contributed by atoms with van der Waals surface area (Å²) in [6, 6.07) is 6.94. The van der Waals surface area contributed by atoms with E-state index in [0.717, 1.165) is 43.3 Å². The highest BCUT2D eigenvalue weighted by Gasteiger charge is 2.38. The van der Waals surface area contributed by atoms with Crippen LogP contribution in [0.3, 0.4) is 0 Å². The van der Waals surface area contributed by atoms with Crippen molar-refractivity contribution in [3.8, 4) is 0 Å². The molecule has 2 aromatic rings. The summed E-state index contributed by atoms with van der Waals surface area (Å²) < 4.78 is 13.2. The number of aryl methyl sites for hydroxylation is 1. The first-order valence-corrected chi connectivity index (χ1v) is 9.55. The van der Waals surface area contributed by atoms with Crippen LogP contribution in [0.15, 0.2) is 35.5 Å². The molecule has 4 nitrogen and oxygen atoms in total. The van der Waals surface area contributed by atoms with Crippen LogP contribution in [0.25, 0.3) is 0 Å². The Bertz CT molecular complexity index is 725. The summed E-state index contributed by atoms with van der Waals surface area (Å²) in [5.74, 6) is 0.628. The topological polar surface area (TPSA) is 49.3 Å². The average molecular weight is 488 g/mol. The molecule has 0 saturated heterocycles. The number of halogens is 2. The van der Waals surface area contributed by atoms with Crippen molar-refractivity contribution in [3.05, 3.63) is 51.7 Å². The Morgan fingerprint density at radius 2 is 2.00 bits per heavy atom. The number of nitrogens with one attached hydrogen (secondary N) is 2. The van der Waals surface area contributed by atoms with E-state index < -0.39 is 0 Å². The molecule has 1 saturated carbocycles. The van der Waals surface area contributed by atoms with E-state index in [4.69, 9.17) is 0 Å². The van der Waals surface area contributed by atoms with Crippen molar-refractivity contribution in [2.24, 2.45) is 4.99 Å². The summed E-state index contributed by atoms with van der Waals surface area (Å²) in [6.07, 6.45) is 6.27. The lowest BCUT2D eigenvalue weighted by atomic mass is 9.64. The fraction of sp³-hybridized carbons (Fsp3) is 0.474. The van der Waals surface area contributed by atoms with Gasteiger partial charge >= 0.3 is 0 Å². The molecule has 1 aliphatic carbocycles. The van der Waals surface area contributed by atoms with Gasteiger partial charge in [0.1, 0.15) is 5.82 Å².